The summed E-state index contributed by atoms with van der Waals surface area (Å²) < 4.78 is 0. The van der Waals surface area contributed by atoms with Crippen LogP contribution in [0.5, 0.6) is 5.75 Å². The van der Waals surface area contributed by atoms with Gasteiger partial charge >= 0.3 is 0 Å². The maximum Gasteiger partial charge on any atom is 0.120 e. The minimum atomic E-state index is 0.317. The summed E-state index contributed by atoms with van der Waals surface area (Å²) in [4.78, 5) is 2.35. The number of phenols is 1. The second kappa shape index (κ2) is 5.25. The molecular formula is C13H19ClN2O. The standard InChI is InChI=1S/C13H19ClN2O/c1-9-4-10(6-15)7-16(9)8-11-5-12(14)2-3-13(11)17/h2-3,5,9-10,17H,4,6-8,15H2,1H3. The number of halogens is 1. The first-order valence-corrected chi connectivity index (χ1v) is 6.39. The fraction of sp³-hybridized carbons (Fsp3) is 0.538. The molecule has 3 nitrogen and oxygen atoms in total. The van der Waals surface area contributed by atoms with Crippen LogP contribution in [-0.4, -0.2) is 29.1 Å². The highest BCUT2D eigenvalue weighted by atomic mass is 35.5. The van der Waals surface area contributed by atoms with Crippen LogP contribution in [0.1, 0.15) is 18.9 Å². The molecule has 94 valence electrons. The predicted octanol–water partition coefficient (Wildman–Crippen LogP) is 2.21. The third kappa shape index (κ3) is 2.92. The summed E-state index contributed by atoms with van der Waals surface area (Å²) in [7, 11) is 0. The van der Waals surface area contributed by atoms with Crippen molar-refractivity contribution in [1.29, 1.82) is 0 Å². The Kier molecular flexibility index (Phi) is 3.92. The molecule has 1 fully saturated rings. The summed E-state index contributed by atoms with van der Waals surface area (Å²) in [6.45, 7) is 4.69. The monoisotopic (exact) mass is 254 g/mol. The maximum atomic E-state index is 9.79. The van der Waals surface area contributed by atoms with Crippen molar-refractivity contribution in [2.45, 2.75) is 25.9 Å². The average Bonchev–Trinajstić information content (AvgIpc) is 2.65. The summed E-state index contributed by atoms with van der Waals surface area (Å²) >= 11 is 5.94. The molecule has 0 amide bonds. The van der Waals surface area contributed by atoms with Crippen LogP contribution in [-0.2, 0) is 6.54 Å². The van der Waals surface area contributed by atoms with E-state index < -0.39 is 0 Å². The van der Waals surface area contributed by atoms with Crippen molar-refractivity contribution in [3.8, 4) is 5.75 Å². The lowest BCUT2D eigenvalue weighted by Crippen LogP contribution is -2.27. The van der Waals surface area contributed by atoms with Gasteiger partial charge in [-0.1, -0.05) is 11.6 Å². The Hall–Kier alpha value is -0.770. The van der Waals surface area contributed by atoms with Crippen molar-refractivity contribution < 1.29 is 5.11 Å². The molecular weight excluding hydrogens is 236 g/mol. The molecule has 4 heteroatoms. The van der Waals surface area contributed by atoms with Crippen LogP contribution in [0.4, 0.5) is 0 Å². The number of nitrogens with two attached hydrogens (primary N) is 1. The van der Waals surface area contributed by atoms with Crippen LogP contribution in [0.25, 0.3) is 0 Å². The molecule has 0 aliphatic carbocycles. The minimum absolute atomic E-state index is 0.317. The number of rotatable bonds is 3. The van der Waals surface area contributed by atoms with E-state index in [0.717, 1.165) is 31.6 Å². The molecule has 2 atom stereocenters. The van der Waals surface area contributed by atoms with E-state index in [1.807, 2.05) is 6.07 Å². The van der Waals surface area contributed by atoms with E-state index >= 15 is 0 Å². The second-order valence-electron chi connectivity index (χ2n) is 4.89. The van der Waals surface area contributed by atoms with Crippen LogP contribution in [0.3, 0.4) is 0 Å². The molecule has 2 rings (SSSR count). The zero-order valence-corrected chi connectivity index (χ0v) is 10.8. The summed E-state index contributed by atoms with van der Waals surface area (Å²) in [5.74, 6) is 0.893. The van der Waals surface area contributed by atoms with Crippen LogP contribution >= 0.6 is 11.6 Å². The molecule has 0 spiro atoms. The molecule has 1 saturated heterocycles. The molecule has 17 heavy (non-hydrogen) atoms. The molecule has 2 unspecified atom stereocenters. The number of aromatic hydroxyl groups is 1. The molecule has 1 aliphatic rings. The second-order valence-corrected chi connectivity index (χ2v) is 5.33. The van der Waals surface area contributed by atoms with Gasteiger partial charge in [-0.3, -0.25) is 4.90 Å². The van der Waals surface area contributed by atoms with E-state index in [0.29, 0.717) is 22.7 Å². The van der Waals surface area contributed by atoms with Crippen molar-refractivity contribution in [2.24, 2.45) is 11.7 Å². The Morgan fingerprint density at radius 2 is 2.29 bits per heavy atom. The summed E-state index contributed by atoms with van der Waals surface area (Å²) in [6, 6.07) is 5.70. The molecule has 1 aromatic rings. The third-order valence-electron chi connectivity index (χ3n) is 3.54. The van der Waals surface area contributed by atoms with E-state index in [-0.39, 0.29) is 0 Å². The number of phenolic OH excluding ortho intramolecular Hbond substituents is 1. The summed E-state index contributed by atoms with van der Waals surface area (Å²) in [6.07, 6.45) is 1.14. The lowest BCUT2D eigenvalue weighted by atomic mass is 10.1. The largest absolute Gasteiger partial charge is 0.508 e. The Morgan fingerprint density at radius 1 is 1.53 bits per heavy atom. The fourth-order valence-electron chi connectivity index (χ4n) is 2.51. The van der Waals surface area contributed by atoms with Crippen molar-refractivity contribution in [3.63, 3.8) is 0 Å². The van der Waals surface area contributed by atoms with E-state index in [2.05, 4.69) is 11.8 Å². The maximum absolute atomic E-state index is 9.79. The molecule has 0 radical (unpaired) electrons. The quantitative estimate of drug-likeness (QED) is 0.870. The first kappa shape index (κ1) is 12.7. The minimum Gasteiger partial charge on any atom is -0.508 e. The molecule has 3 N–H and O–H groups in total. The highest BCUT2D eigenvalue weighted by Crippen LogP contribution is 2.28. The van der Waals surface area contributed by atoms with Crippen LogP contribution in [0.15, 0.2) is 18.2 Å². The third-order valence-corrected chi connectivity index (χ3v) is 3.77. The van der Waals surface area contributed by atoms with Gasteiger partial charge in [-0.15, -0.1) is 0 Å². The molecule has 1 aromatic carbocycles. The van der Waals surface area contributed by atoms with Gasteiger partial charge in [-0.25, -0.2) is 0 Å². The van der Waals surface area contributed by atoms with Crippen LogP contribution in [0, 0.1) is 5.92 Å². The van der Waals surface area contributed by atoms with E-state index in [9.17, 15) is 5.11 Å². The number of nitrogens with zero attached hydrogens (tertiary/aromatic N) is 1. The smallest absolute Gasteiger partial charge is 0.120 e. The molecule has 0 saturated carbocycles. The van der Waals surface area contributed by atoms with Crippen molar-refractivity contribution in [2.75, 3.05) is 13.1 Å². The van der Waals surface area contributed by atoms with Crippen molar-refractivity contribution in [1.82, 2.24) is 4.90 Å². The molecule has 0 aromatic heterocycles. The highest BCUT2D eigenvalue weighted by Gasteiger charge is 2.28. The van der Waals surface area contributed by atoms with Crippen LogP contribution in [0.2, 0.25) is 5.02 Å². The molecule has 1 heterocycles. The average molecular weight is 255 g/mol. The van der Waals surface area contributed by atoms with E-state index in [1.165, 1.54) is 0 Å². The highest BCUT2D eigenvalue weighted by molar-refractivity contribution is 6.30. The SMILES string of the molecule is CC1CC(CN)CN1Cc1cc(Cl)ccc1O. The predicted molar refractivity (Wildman–Crippen MR) is 70.2 cm³/mol. The molecule has 0 bridgehead atoms. The van der Waals surface area contributed by atoms with Gasteiger partial charge in [-0.2, -0.15) is 0 Å². The Morgan fingerprint density at radius 3 is 2.94 bits per heavy atom. The van der Waals surface area contributed by atoms with Gasteiger partial charge in [0, 0.05) is 29.7 Å². The Balaban J connectivity index is 2.08. The Labute approximate surface area is 107 Å². The van der Waals surface area contributed by atoms with Crippen LogP contribution < -0.4 is 5.73 Å². The first-order chi connectivity index (χ1) is 8.10. The Bertz CT molecular complexity index is 397. The van der Waals surface area contributed by atoms with Crippen molar-refractivity contribution >= 4 is 11.6 Å². The summed E-state index contributed by atoms with van der Waals surface area (Å²) in [5.41, 5.74) is 6.60. The van der Waals surface area contributed by atoms with Gasteiger partial charge in [0.25, 0.3) is 0 Å². The van der Waals surface area contributed by atoms with E-state index in [1.54, 1.807) is 12.1 Å². The number of benzene rings is 1. The number of hydrogen-bond acceptors (Lipinski definition) is 3. The van der Waals surface area contributed by atoms with Gasteiger partial charge in [0.15, 0.2) is 0 Å². The molecule has 1 aliphatic heterocycles. The normalized spacial score (nSPS) is 25.4. The zero-order valence-electron chi connectivity index (χ0n) is 10.1. The van der Waals surface area contributed by atoms with Gasteiger partial charge in [0.2, 0.25) is 0 Å². The summed E-state index contributed by atoms with van der Waals surface area (Å²) in [5, 5.41) is 10.5. The van der Waals surface area contributed by atoms with Gasteiger partial charge in [-0.05, 0) is 44.0 Å². The fourth-order valence-corrected chi connectivity index (χ4v) is 2.70. The van der Waals surface area contributed by atoms with Gasteiger partial charge in [0.1, 0.15) is 5.75 Å². The number of likely N-dealkylation sites (tertiary alicyclic amines) is 1. The first-order valence-electron chi connectivity index (χ1n) is 6.01. The number of hydrogen-bond donors (Lipinski definition) is 2. The lowest BCUT2D eigenvalue weighted by molar-refractivity contribution is 0.252. The zero-order chi connectivity index (χ0) is 12.4. The van der Waals surface area contributed by atoms with Gasteiger partial charge < -0.3 is 10.8 Å². The van der Waals surface area contributed by atoms with Crippen molar-refractivity contribution in [3.05, 3.63) is 28.8 Å². The lowest BCUT2D eigenvalue weighted by Gasteiger charge is -2.21. The van der Waals surface area contributed by atoms with Gasteiger partial charge in [0.05, 0.1) is 0 Å². The van der Waals surface area contributed by atoms with E-state index in [4.69, 9.17) is 17.3 Å². The topological polar surface area (TPSA) is 49.5 Å².